The molecule has 3 aromatic carbocycles. The van der Waals surface area contributed by atoms with E-state index in [2.05, 4.69) is 104 Å². The Morgan fingerprint density at radius 1 is 0.667 bits per heavy atom. The van der Waals surface area contributed by atoms with Crippen molar-refractivity contribution in [1.29, 1.82) is 0 Å². The number of benzene rings is 3. The predicted molar refractivity (Wildman–Crippen MR) is 152 cm³/mol. The molecular formula is C24H27PS5. The summed E-state index contributed by atoms with van der Waals surface area (Å²) in [7, 11) is 0. The molecule has 1 atom stereocenters. The number of thiol groups is 2. The smallest absolute Gasteiger partial charge is 0.0856 e. The summed E-state index contributed by atoms with van der Waals surface area (Å²) >= 11 is 19.1. The molecule has 0 aliphatic heterocycles. The van der Waals surface area contributed by atoms with Crippen molar-refractivity contribution in [1.82, 2.24) is 0 Å². The van der Waals surface area contributed by atoms with Gasteiger partial charge in [-0.15, -0.1) is 22.8 Å². The maximum Gasteiger partial charge on any atom is 0.0856 e. The quantitative estimate of drug-likeness (QED) is 0.206. The zero-order valence-electron chi connectivity index (χ0n) is 16.8. The minimum atomic E-state index is -1.84. The van der Waals surface area contributed by atoms with E-state index < -0.39 is 4.44 Å². The lowest BCUT2D eigenvalue weighted by atomic mass is 10.1. The molecular weight excluding hydrogens is 480 g/mol. The first kappa shape index (κ1) is 24.4. The fourth-order valence-corrected chi connectivity index (χ4v) is 14.0. The fraction of sp³-hybridized carbons (Fsp3) is 0.250. The molecule has 0 radical (unpaired) electrons. The minimum Gasteiger partial charge on any atom is -0.179 e. The van der Waals surface area contributed by atoms with Gasteiger partial charge in [-0.05, 0) is 46.6 Å². The highest BCUT2D eigenvalue weighted by atomic mass is 33.2. The standard InChI is InChI=1S/C24H27PS5/c26-16-14-20-10-12-21(13-11-20)15-18-29-25(28,30-19-17-27)24-9-5-4-8-23(24)22-6-2-1-3-7-22/h1-13,26-27H,14-19H2. The van der Waals surface area contributed by atoms with E-state index in [9.17, 15) is 0 Å². The first-order chi connectivity index (χ1) is 14.7. The molecule has 3 aromatic rings. The Morgan fingerprint density at radius 3 is 1.93 bits per heavy atom. The minimum absolute atomic E-state index is 0.851. The molecule has 0 aliphatic rings. The monoisotopic (exact) mass is 506 g/mol. The van der Waals surface area contributed by atoms with Crippen molar-refractivity contribution >= 4 is 69.6 Å². The van der Waals surface area contributed by atoms with Crippen LogP contribution >= 0.6 is 52.5 Å². The lowest BCUT2D eigenvalue weighted by Gasteiger charge is -2.24. The van der Waals surface area contributed by atoms with E-state index in [1.807, 2.05) is 22.8 Å². The largest absolute Gasteiger partial charge is 0.179 e. The van der Waals surface area contributed by atoms with E-state index in [0.717, 1.165) is 35.9 Å². The molecule has 0 aromatic heterocycles. The van der Waals surface area contributed by atoms with Crippen LogP contribution in [0.15, 0.2) is 78.9 Å². The molecule has 6 heteroatoms. The Hall–Kier alpha value is -0.290. The average Bonchev–Trinajstić information content (AvgIpc) is 2.80. The number of hydrogen-bond donors (Lipinski definition) is 2. The van der Waals surface area contributed by atoms with Crippen molar-refractivity contribution in [3.8, 4) is 11.1 Å². The molecule has 0 heterocycles. The van der Waals surface area contributed by atoms with Gasteiger partial charge in [-0.3, -0.25) is 0 Å². The summed E-state index contributed by atoms with van der Waals surface area (Å²) in [5, 5.41) is 1.33. The van der Waals surface area contributed by atoms with Crippen LogP contribution < -0.4 is 5.30 Å². The van der Waals surface area contributed by atoms with Gasteiger partial charge in [0.15, 0.2) is 0 Å². The van der Waals surface area contributed by atoms with Crippen LogP contribution in [0.4, 0.5) is 0 Å². The highest BCUT2D eigenvalue weighted by Crippen LogP contribution is 2.69. The van der Waals surface area contributed by atoms with Gasteiger partial charge in [0.2, 0.25) is 0 Å². The second-order valence-corrected chi connectivity index (χ2v) is 19.1. The van der Waals surface area contributed by atoms with Crippen molar-refractivity contribution in [2.75, 3.05) is 23.0 Å². The number of aryl methyl sites for hydroxylation is 2. The van der Waals surface area contributed by atoms with Crippen molar-refractivity contribution < 1.29 is 0 Å². The molecule has 0 amide bonds. The zero-order valence-corrected chi connectivity index (χ0v) is 21.9. The predicted octanol–water partition coefficient (Wildman–Crippen LogP) is 7.40. The Kier molecular flexibility index (Phi) is 10.3. The van der Waals surface area contributed by atoms with Crippen molar-refractivity contribution in [3.63, 3.8) is 0 Å². The zero-order chi connectivity index (χ0) is 21.2. The van der Waals surface area contributed by atoms with Crippen molar-refractivity contribution in [2.45, 2.75) is 12.8 Å². The van der Waals surface area contributed by atoms with Crippen LogP contribution in [0.2, 0.25) is 0 Å². The normalized spacial score (nSPS) is 13.1. The molecule has 0 aliphatic carbocycles. The summed E-state index contributed by atoms with van der Waals surface area (Å²) in [4.78, 5) is 0. The second kappa shape index (κ2) is 12.7. The van der Waals surface area contributed by atoms with Crippen LogP contribution in [0.5, 0.6) is 0 Å². The van der Waals surface area contributed by atoms with Crippen LogP contribution in [-0.2, 0) is 24.6 Å². The summed E-state index contributed by atoms with van der Waals surface area (Å²) in [6.07, 6.45) is 2.06. The molecule has 0 nitrogen and oxygen atoms in total. The van der Waals surface area contributed by atoms with Crippen LogP contribution in [0.25, 0.3) is 11.1 Å². The van der Waals surface area contributed by atoms with Crippen molar-refractivity contribution in [2.24, 2.45) is 0 Å². The first-order valence-corrected chi connectivity index (χ1v) is 17.2. The Morgan fingerprint density at radius 2 is 1.27 bits per heavy atom. The molecule has 158 valence electrons. The summed E-state index contributed by atoms with van der Waals surface area (Å²) in [6, 6.07) is 28.3. The number of rotatable bonds is 11. The van der Waals surface area contributed by atoms with E-state index in [0.29, 0.717) is 0 Å². The average molecular weight is 507 g/mol. The van der Waals surface area contributed by atoms with Gasteiger partial charge in [-0.1, -0.05) is 90.7 Å². The molecule has 0 fully saturated rings. The highest BCUT2D eigenvalue weighted by Gasteiger charge is 2.24. The molecule has 0 N–H and O–H groups in total. The van der Waals surface area contributed by atoms with Gasteiger partial charge in [0, 0.05) is 16.8 Å². The highest BCUT2D eigenvalue weighted by molar-refractivity contribution is 9.02. The van der Waals surface area contributed by atoms with Crippen LogP contribution in [0, 0.1) is 0 Å². The lowest BCUT2D eigenvalue weighted by Crippen LogP contribution is -2.06. The second-order valence-electron chi connectivity index (χ2n) is 6.81. The van der Waals surface area contributed by atoms with Gasteiger partial charge in [0.1, 0.15) is 0 Å². The maximum atomic E-state index is 6.39. The molecule has 0 spiro atoms. The maximum absolute atomic E-state index is 6.39. The molecule has 0 saturated carbocycles. The third kappa shape index (κ3) is 6.85. The van der Waals surface area contributed by atoms with E-state index in [1.165, 1.54) is 27.6 Å². The van der Waals surface area contributed by atoms with E-state index in [1.54, 1.807) is 0 Å². The SMILES string of the molecule is S=P(SCCS)(SCCc1ccc(CCS)cc1)c1ccccc1-c1ccccc1. The van der Waals surface area contributed by atoms with E-state index in [4.69, 9.17) is 11.8 Å². The summed E-state index contributed by atoms with van der Waals surface area (Å²) in [5.74, 6) is 3.76. The molecule has 3 rings (SSSR count). The van der Waals surface area contributed by atoms with Crippen LogP contribution in [0.1, 0.15) is 11.1 Å². The fourth-order valence-electron chi connectivity index (χ4n) is 3.20. The lowest BCUT2D eigenvalue weighted by molar-refractivity contribution is 1.12. The Bertz CT molecular complexity index is 957. The van der Waals surface area contributed by atoms with Gasteiger partial charge in [0.25, 0.3) is 0 Å². The molecule has 1 unspecified atom stereocenters. The van der Waals surface area contributed by atoms with Gasteiger partial charge in [-0.25, -0.2) is 0 Å². The van der Waals surface area contributed by atoms with Crippen molar-refractivity contribution in [3.05, 3.63) is 90.0 Å². The summed E-state index contributed by atoms with van der Waals surface area (Å²) in [5.41, 5.74) is 5.25. The first-order valence-electron chi connectivity index (χ1n) is 10.00. The molecule has 0 bridgehead atoms. The van der Waals surface area contributed by atoms with Crippen LogP contribution in [-0.4, -0.2) is 23.0 Å². The summed E-state index contributed by atoms with van der Waals surface area (Å²) in [6.45, 7) is 0. The van der Waals surface area contributed by atoms with Gasteiger partial charge < -0.3 is 0 Å². The van der Waals surface area contributed by atoms with E-state index >= 15 is 0 Å². The topological polar surface area (TPSA) is 0 Å². The van der Waals surface area contributed by atoms with E-state index in [-0.39, 0.29) is 0 Å². The van der Waals surface area contributed by atoms with Gasteiger partial charge >= 0.3 is 0 Å². The Labute approximate surface area is 205 Å². The van der Waals surface area contributed by atoms with Gasteiger partial charge in [0.05, 0.1) is 4.44 Å². The molecule has 0 saturated heterocycles. The summed E-state index contributed by atoms with van der Waals surface area (Å²) < 4.78 is -1.84. The van der Waals surface area contributed by atoms with Gasteiger partial charge in [-0.2, -0.15) is 25.3 Å². The number of hydrogen-bond acceptors (Lipinski definition) is 5. The third-order valence-electron chi connectivity index (χ3n) is 4.71. The molecule has 30 heavy (non-hydrogen) atoms. The Balaban J connectivity index is 1.79. The third-order valence-corrected chi connectivity index (χ3v) is 16.6. The van der Waals surface area contributed by atoms with Crippen LogP contribution in [0.3, 0.4) is 0 Å².